The van der Waals surface area contributed by atoms with E-state index in [0.29, 0.717) is 23.7 Å². The molecule has 1 aromatic heterocycles. The van der Waals surface area contributed by atoms with Gasteiger partial charge in [0.25, 0.3) is 5.91 Å². The van der Waals surface area contributed by atoms with E-state index in [4.69, 9.17) is 0 Å². The largest absolute Gasteiger partial charge is 0.481 e. The summed E-state index contributed by atoms with van der Waals surface area (Å²) in [6.45, 7) is 0.0856. The smallest absolute Gasteiger partial charge is 0.311 e. The molecular weight excluding hydrogens is 308 g/mol. The number of hydrogen-bond acceptors (Lipinski definition) is 3. The Bertz CT molecular complexity index is 834. The van der Waals surface area contributed by atoms with E-state index in [1.165, 1.54) is 6.07 Å². The van der Waals surface area contributed by atoms with Gasteiger partial charge in [-0.25, -0.2) is 0 Å². The van der Waals surface area contributed by atoms with E-state index in [0.717, 1.165) is 19.3 Å². The first-order valence-electron chi connectivity index (χ1n) is 8.15. The van der Waals surface area contributed by atoms with Crippen LogP contribution in [0, 0.1) is 5.41 Å². The Morgan fingerprint density at radius 3 is 2.58 bits per heavy atom. The summed E-state index contributed by atoms with van der Waals surface area (Å²) < 4.78 is 0. The number of aromatic nitrogens is 1. The van der Waals surface area contributed by atoms with Gasteiger partial charge in [0.15, 0.2) is 0 Å². The molecule has 1 fully saturated rings. The Balaban J connectivity index is 1.85. The van der Waals surface area contributed by atoms with Crippen LogP contribution in [0.1, 0.15) is 42.5 Å². The van der Waals surface area contributed by atoms with E-state index < -0.39 is 17.3 Å². The number of fused-ring (bicyclic) bond motifs is 1. The van der Waals surface area contributed by atoms with Crippen molar-refractivity contribution in [3.8, 4) is 0 Å². The summed E-state index contributed by atoms with van der Waals surface area (Å²) in [5.74, 6) is -1.28. The maximum atomic E-state index is 12.6. The van der Waals surface area contributed by atoms with Crippen LogP contribution in [0.3, 0.4) is 0 Å². The molecule has 0 spiro atoms. The van der Waals surface area contributed by atoms with E-state index in [-0.39, 0.29) is 17.7 Å². The SMILES string of the molecule is O=C(NCC1(C(=O)O)CCCCC1)c1cc(=O)[nH]c2ccccc12. The quantitative estimate of drug-likeness (QED) is 0.802. The highest BCUT2D eigenvalue weighted by atomic mass is 16.4. The summed E-state index contributed by atoms with van der Waals surface area (Å²) in [6, 6.07) is 8.31. The van der Waals surface area contributed by atoms with Gasteiger partial charge in [-0.15, -0.1) is 0 Å². The number of carbonyl (C=O) groups excluding carboxylic acids is 1. The van der Waals surface area contributed by atoms with Crippen LogP contribution < -0.4 is 10.9 Å². The summed E-state index contributed by atoms with van der Waals surface area (Å²) in [5, 5.41) is 13.0. The van der Waals surface area contributed by atoms with Crippen molar-refractivity contribution < 1.29 is 14.7 Å². The van der Waals surface area contributed by atoms with Crippen molar-refractivity contribution >= 4 is 22.8 Å². The summed E-state index contributed by atoms with van der Waals surface area (Å²) in [5.41, 5.74) is -0.402. The van der Waals surface area contributed by atoms with Gasteiger partial charge in [-0.05, 0) is 18.9 Å². The Labute approximate surface area is 138 Å². The second-order valence-electron chi connectivity index (χ2n) is 6.42. The first kappa shape index (κ1) is 16.2. The number of H-pyrrole nitrogens is 1. The Morgan fingerprint density at radius 1 is 1.17 bits per heavy atom. The Hall–Kier alpha value is -2.63. The van der Waals surface area contributed by atoms with Gasteiger partial charge in [-0.2, -0.15) is 0 Å². The lowest BCUT2D eigenvalue weighted by Crippen LogP contribution is -2.44. The van der Waals surface area contributed by atoms with Crippen molar-refractivity contribution in [2.45, 2.75) is 32.1 Å². The predicted octanol–water partition coefficient (Wildman–Crippen LogP) is 2.29. The molecule has 0 bridgehead atoms. The number of rotatable bonds is 4. The van der Waals surface area contributed by atoms with Crippen LogP contribution >= 0.6 is 0 Å². The molecule has 3 N–H and O–H groups in total. The third-order valence-electron chi connectivity index (χ3n) is 4.85. The highest BCUT2D eigenvalue weighted by Gasteiger charge is 2.39. The highest BCUT2D eigenvalue weighted by Crippen LogP contribution is 2.36. The third-order valence-corrected chi connectivity index (χ3v) is 4.85. The highest BCUT2D eigenvalue weighted by molar-refractivity contribution is 6.06. The van der Waals surface area contributed by atoms with Crippen molar-refractivity contribution in [2.24, 2.45) is 5.41 Å². The lowest BCUT2D eigenvalue weighted by atomic mass is 9.74. The summed E-state index contributed by atoms with van der Waals surface area (Å²) in [6.07, 6.45) is 3.88. The summed E-state index contributed by atoms with van der Waals surface area (Å²) in [7, 11) is 0. The van der Waals surface area contributed by atoms with Crippen LogP contribution in [-0.2, 0) is 4.79 Å². The van der Waals surface area contributed by atoms with Crippen molar-refractivity contribution in [1.29, 1.82) is 0 Å². The first-order chi connectivity index (χ1) is 11.5. The molecule has 6 nitrogen and oxygen atoms in total. The predicted molar refractivity (Wildman–Crippen MR) is 90.1 cm³/mol. The Kier molecular flexibility index (Phi) is 4.38. The zero-order valence-corrected chi connectivity index (χ0v) is 13.3. The number of aromatic amines is 1. The summed E-state index contributed by atoms with van der Waals surface area (Å²) in [4.78, 5) is 38.7. The topological polar surface area (TPSA) is 99.3 Å². The molecule has 1 aliphatic carbocycles. The van der Waals surface area contributed by atoms with E-state index in [9.17, 15) is 19.5 Å². The molecule has 3 rings (SSSR count). The second-order valence-corrected chi connectivity index (χ2v) is 6.42. The van der Waals surface area contributed by atoms with Crippen LogP contribution in [0.25, 0.3) is 10.9 Å². The number of pyridine rings is 1. The lowest BCUT2D eigenvalue weighted by molar-refractivity contribution is -0.150. The zero-order chi connectivity index (χ0) is 17.2. The molecule has 6 heteroatoms. The average molecular weight is 328 g/mol. The molecule has 0 atom stereocenters. The number of amides is 1. The lowest BCUT2D eigenvalue weighted by Gasteiger charge is -2.33. The van der Waals surface area contributed by atoms with Crippen LogP contribution in [0.4, 0.5) is 0 Å². The molecule has 1 aliphatic rings. The van der Waals surface area contributed by atoms with Gasteiger partial charge in [0.1, 0.15) is 0 Å². The van der Waals surface area contributed by atoms with Crippen LogP contribution in [0.2, 0.25) is 0 Å². The van der Waals surface area contributed by atoms with Crippen molar-refractivity contribution in [2.75, 3.05) is 6.54 Å². The van der Waals surface area contributed by atoms with E-state index >= 15 is 0 Å². The maximum Gasteiger partial charge on any atom is 0.311 e. The average Bonchev–Trinajstić information content (AvgIpc) is 2.59. The van der Waals surface area contributed by atoms with E-state index in [1.807, 2.05) is 0 Å². The number of hydrogen-bond donors (Lipinski definition) is 3. The fourth-order valence-electron chi connectivity index (χ4n) is 3.43. The number of carbonyl (C=O) groups is 2. The minimum Gasteiger partial charge on any atom is -0.481 e. The van der Waals surface area contributed by atoms with Gasteiger partial charge in [0.2, 0.25) is 5.56 Å². The second kappa shape index (κ2) is 6.47. The number of benzene rings is 1. The molecule has 0 unspecified atom stereocenters. The monoisotopic (exact) mass is 328 g/mol. The molecule has 0 saturated heterocycles. The van der Waals surface area contributed by atoms with E-state index in [2.05, 4.69) is 10.3 Å². The molecule has 2 aromatic rings. The summed E-state index contributed by atoms with van der Waals surface area (Å²) >= 11 is 0. The van der Waals surface area contributed by atoms with Gasteiger partial charge >= 0.3 is 5.97 Å². The molecule has 1 heterocycles. The number of para-hydroxylation sites is 1. The molecular formula is C18H20N2O4. The van der Waals surface area contributed by atoms with Gasteiger partial charge in [0, 0.05) is 23.5 Å². The normalized spacial score (nSPS) is 16.7. The molecule has 1 saturated carbocycles. The van der Waals surface area contributed by atoms with Crippen LogP contribution in [0.5, 0.6) is 0 Å². The first-order valence-corrected chi connectivity index (χ1v) is 8.15. The minimum atomic E-state index is -0.898. The van der Waals surface area contributed by atoms with Gasteiger partial charge < -0.3 is 15.4 Å². The van der Waals surface area contributed by atoms with Crippen LogP contribution in [-0.4, -0.2) is 28.5 Å². The van der Waals surface area contributed by atoms with Crippen molar-refractivity contribution in [3.63, 3.8) is 0 Å². The van der Waals surface area contributed by atoms with Gasteiger partial charge in [0.05, 0.1) is 11.0 Å². The molecule has 0 radical (unpaired) electrons. The fourth-order valence-corrected chi connectivity index (χ4v) is 3.43. The molecule has 1 amide bonds. The van der Waals surface area contributed by atoms with E-state index in [1.54, 1.807) is 24.3 Å². The van der Waals surface area contributed by atoms with Gasteiger partial charge in [-0.1, -0.05) is 37.5 Å². The number of carboxylic acids is 1. The standard InChI is InChI=1S/C18H20N2O4/c21-15-10-13(12-6-2-3-7-14(12)20-15)16(22)19-11-18(17(23)24)8-4-1-5-9-18/h2-3,6-7,10H,1,4-5,8-9,11H2,(H,19,22)(H,20,21)(H,23,24). The third kappa shape index (κ3) is 3.04. The Morgan fingerprint density at radius 2 is 1.88 bits per heavy atom. The van der Waals surface area contributed by atoms with Crippen molar-refractivity contribution in [1.82, 2.24) is 10.3 Å². The number of aliphatic carboxylic acids is 1. The fraction of sp³-hybridized carbons (Fsp3) is 0.389. The zero-order valence-electron chi connectivity index (χ0n) is 13.3. The minimum absolute atomic E-state index is 0.0856. The number of carboxylic acid groups (broad SMARTS) is 1. The van der Waals surface area contributed by atoms with Crippen LogP contribution in [0.15, 0.2) is 35.1 Å². The number of nitrogens with one attached hydrogen (secondary N) is 2. The maximum absolute atomic E-state index is 12.6. The molecule has 0 aliphatic heterocycles. The molecule has 1 aromatic carbocycles. The van der Waals surface area contributed by atoms with Crippen molar-refractivity contribution in [3.05, 3.63) is 46.2 Å². The molecule has 126 valence electrons. The van der Waals surface area contributed by atoms with Gasteiger partial charge in [-0.3, -0.25) is 14.4 Å². The molecule has 24 heavy (non-hydrogen) atoms.